The van der Waals surface area contributed by atoms with Gasteiger partial charge >= 0.3 is 20.1 Å². The van der Waals surface area contributed by atoms with Crippen molar-refractivity contribution < 1.29 is 110 Å². The van der Waals surface area contributed by atoms with Gasteiger partial charge in [0.25, 0.3) is 0 Å². The zero-order valence-corrected chi connectivity index (χ0v) is 70.2. The molecule has 0 bridgehead atoms. The van der Waals surface area contributed by atoms with Crippen LogP contribution in [0.1, 0.15) is 20.9 Å². The van der Waals surface area contributed by atoms with Crippen LogP contribution < -0.4 is 9.80 Å². The largest absolute Gasteiger partial charge is 3.00 e. The van der Waals surface area contributed by atoms with Crippen molar-refractivity contribution in [3.8, 4) is 89.9 Å². The van der Waals surface area contributed by atoms with Gasteiger partial charge in [-0.1, -0.05) is 133 Å². The molecule has 0 aliphatic carbocycles. The molecule has 542 valence electrons. The topological polar surface area (TPSA) is 96.7 Å². The van der Waals surface area contributed by atoms with Crippen LogP contribution in [0.25, 0.3) is 89.9 Å². The number of benzene rings is 10. The van der Waals surface area contributed by atoms with Crippen molar-refractivity contribution in [2.45, 2.75) is 13.8 Å². The van der Waals surface area contributed by atoms with E-state index in [-0.39, 0.29) is 142 Å². The number of nitrogens with zero attached hydrogens (tertiary/aromatic N) is 9. The standard InChI is InChI=1S/C18H14N.C17H12N.C15H12N2.C11H9N2.3C11H8N.5Ir/c1-14-12-18(16-10-6-3-7-11-16)19-13-17(14)15-8-4-2-5-9-15;1-2-7-14(8-3-1)15-9-6-10-16(13-15)17-11-4-5-12-18-17;1-3-7-14(8-4-1)16-11-12-17(13-16)15-9-5-2-6-10-15;1-9-7-8-12-11(13-9)10-5-3-2-4-6-10;3*1-2-6-10(7-3-1)11-8-4-5-9-12-11;;;;;/h2-10,12-13H,1H3;1-9,11-13H;1-9,11-13H;2-5,7-8H,1H3;3*1-6,8-9H;;;;;/q2*-1;-2;4*-1;;;;;+3/i;;;;1D,2D,3D,4D,5D,6D,8D;;;;;;;. The van der Waals surface area contributed by atoms with Crippen molar-refractivity contribution in [3.05, 3.63) is 450 Å². The molecule has 1 aliphatic rings. The Balaban J connectivity index is 0.000000209. The molecular formula is C94H71Ir5N9-5. The Labute approximate surface area is 713 Å². The molecule has 10 aromatic carbocycles. The van der Waals surface area contributed by atoms with Gasteiger partial charge in [-0.2, -0.15) is 30.3 Å². The van der Waals surface area contributed by atoms with Gasteiger partial charge in [-0.15, -0.1) is 227 Å². The van der Waals surface area contributed by atoms with E-state index >= 15 is 0 Å². The van der Waals surface area contributed by atoms with E-state index in [1.165, 1.54) is 27.8 Å². The average Bonchev–Trinajstić information content (AvgIpc) is 1.41. The maximum Gasteiger partial charge on any atom is 3.00 e. The van der Waals surface area contributed by atoms with Crippen molar-refractivity contribution >= 4 is 11.4 Å². The summed E-state index contributed by atoms with van der Waals surface area (Å²) in [5.74, 6) is 0.737. The van der Waals surface area contributed by atoms with E-state index < -0.39 is 12.1 Å². The number of pyridine rings is 5. The summed E-state index contributed by atoms with van der Waals surface area (Å²) in [5, 5.41) is 0. The maximum absolute atomic E-state index is 7.74. The molecular weight excluding hydrogens is 2220 g/mol. The van der Waals surface area contributed by atoms with E-state index in [4.69, 9.17) is 9.60 Å². The van der Waals surface area contributed by atoms with Crippen molar-refractivity contribution in [2.24, 2.45) is 0 Å². The molecule has 0 spiro atoms. The van der Waals surface area contributed by atoms with Crippen LogP contribution in [-0.4, -0.2) is 34.9 Å². The molecule has 16 aromatic rings. The Kier molecular flexibility index (Phi) is 34.2. The first-order valence-corrected chi connectivity index (χ1v) is 32.9. The molecule has 108 heavy (non-hydrogen) atoms. The third-order valence-corrected chi connectivity index (χ3v) is 15.0. The number of aryl methyl sites for hydroxylation is 2. The van der Waals surface area contributed by atoms with Gasteiger partial charge in [0.15, 0.2) is 0 Å². The van der Waals surface area contributed by atoms with Crippen LogP contribution in [0.5, 0.6) is 0 Å². The molecule has 0 saturated heterocycles. The fourth-order valence-corrected chi connectivity index (χ4v) is 9.93. The quantitative estimate of drug-likeness (QED) is 0.124. The number of para-hydroxylation sites is 2. The first kappa shape index (κ1) is 75.8. The van der Waals surface area contributed by atoms with Crippen molar-refractivity contribution in [1.82, 2.24) is 34.9 Å². The molecule has 7 heterocycles. The van der Waals surface area contributed by atoms with Crippen molar-refractivity contribution in [3.63, 3.8) is 0 Å². The number of rotatable bonds is 10. The third-order valence-electron chi connectivity index (χ3n) is 15.0. The van der Waals surface area contributed by atoms with Crippen LogP contribution in [0.4, 0.5) is 11.4 Å². The zero-order chi connectivity index (χ0) is 76.7. The number of hydrogen-bond acceptors (Lipinski definition) is 9. The number of hydrogen-bond donors (Lipinski definition) is 0. The fourth-order valence-electron chi connectivity index (χ4n) is 9.93. The van der Waals surface area contributed by atoms with Gasteiger partial charge in [-0.25, -0.2) is 0 Å². The summed E-state index contributed by atoms with van der Waals surface area (Å²) < 4.78 is 52.8. The van der Waals surface area contributed by atoms with Gasteiger partial charge in [0.2, 0.25) is 0 Å². The van der Waals surface area contributed by atoms with Gasteiger partial charge in [0.05, 0.1) is 9.94 Å². The summed E-state index contributed by atoms with van der Waals surface area (Å²) in [6, 6.07) is 117. The summed E-state index contributed by atoms with van der Waals surface area (Å²) in [6.45, 7) is 6.12. The Morgan fingerprint density at radius 3 is 1.34 bits per heavy atom. The van der Waals surface area contributed by atoms with E-state index in [0.717, 1.165) is 79.7 Å². The van der Waals surface area contributed by atoms with E-state index in [1.54, 1.807) is 24.8 Å². The van der Waals surface area contributed by atoms with Gasteiger partial charge < -0.3 is 34.7 Å². The molecule has 0 atom stereocenters. The Bertz CT molecular complexity index is 5270. The van der Waals surface area contributed by atoms with Crippen LogP contribution >= 0.6 is 0 Å². The number of aromatic nitrogens is 7. The van der Waals surface area contributed by atoms with Gasteiger partial charge in [-0.05, 0) is 117 Å². The molecule has 17 rings (SSSR count). The molecule has 9 nitrogen and oxygen atoms in total. The Hall–Kier alpha value is -10.4. The van der Waals surface area contributed by atoms with Crippen LogP contribution in [0.3, 0.4) is 0 Å². The minimum absolute atomic E-state index is 0. The summed E-state index contributed by atoms with van der Waals surface area (Å²) in [5.41, 5.74) is 18.0. The molecule has 0 N–H and O–H groups in total. The van der Waals surface area contributed by atoms with E-state index in [2.05, 4.69) is 144 Å². The maximum atomic E-state index is 7.74. The zero-order valence-electron chi connectivity index (χ0n) is 65.2. The molecule has 0 saturated carbocycles. The van der Waals surface area contributed by atoms with Crippen LogP contribution in [0, 0.1) is 63.0 Å². The minimum Gasteiger partial charge on any atom is -0.500 e. The SMILES string of the molecule is Cc1cc(-c2[c-]cccc2)ncc1-c1ccccc1.Cc1ccnc(-c2[c-]cccc2)n1.[2H]c1[c-]c(-c2ncc([2H])c([2H])c2[2H])c([2H])c([2H])c1[2H].[Ir+3].[Ir].[Ir].[Ir].[Ir].[c-]1ccc(-c2ccccc2)cc1-c1ccccn1.[c-]1ccccc1-c1ccccn1.[c-]1ccccc1-c1ccccn1.[c-]1ccccc1N1C=CN(c2ccccc2)[CH-]1. The Morgan fingerprint density at radius 2 is 0.815 bits per heavy atom. The number of anilines is 2. The fraction of sp³-hybridized carbons (Fsp3) is 0.0213. The molecule has 4 radical (unpaired) electrons. The molecule has 14 heteroatoms. The van der Waals surface area contributed by atoms with E-state index in [9.17, 15) is 0 Å². The molecule has 6 aromatic heterocycles. The molecule has 0 unspecified atom stereocenters. The summed E-state index contributed by atoms with van der Waals surface area (Å²) in [4.78, 5) is 33.8. The second kappa shape index (κ2) is 48.7. The monoisotopic (exact) mass is 2300 g/mol. The van der Waals surface area contributed by atoms with Crippen molar-refractivity contribution in [1.29, 1.82) is 0 Å². The van der Waals surface area contributed by atoms with E-state index in [0.29, 0.717) is 0 Å². The molecule has 1 aliphatic heterocycles. The van der Waals surface area contributed by atoms with Gasteiger partial charge in [0.1, 0.15) is 0 Å². The minimum atomic E-state index is -0.443. The first-order valence-electron chi connectivity index (χ1n) is 36.4. The summed E-state index contributed by atoms with van der Waals surface area (Å²) in [6.07, 6.45) is 14.2. The third kappa shape index (κ3) is 27.8. The first-order chi connectivity index (χ1) is 53.8. The molecule has 0 fully saturated rings. The summed E-state index contributed by atoms with van der Waals surface area (Å²) in [7, 11) is 0. The van der Waals surface area contributed by atoms with Gasteiger partial charge in [0, 0.05) is 137 Å². The van der Waals surface area contributed by atoms with Gasteiger partial charge in [-0.3, -0.25) is 9.97 Å². The van der Waals surface area contributed by atoms with Crippen LogP contribution in [-0.2, 0) is 101 Å². The van der Waals surface area contributed by atoms with E-state index in [1.807, 2.05) is 280 Å². The van der Waals surface area contributed by atoms with Crippen LogP contribution in [0.2, 0.25) is 0 Å². The van der Waals surface area contributed by atoms with Crippen molar-refractivity contribution in [2.75, 3.05) is 9.80 Å². The second-order valence-corrected chi connectivity index (χ2v) is 22.2. The predicted molar refractivity (Wildman–Crippen MR) is 419 cm³/mol. The Morgan fingerprint density at radius 1 is 0.333 bits per heavy atom. The predicted octanol–water partition coefficient (Wildman–Crippen LogP) is 22.0. The van der Waals surface area contributed by atoms with Crippen LogP contribution in [0.15, 0.2) is 389 Å². The average molecular weight is 2290 g/mol. The summed E-state index contributed by atoms with van der Waals surface area (Å²) >= 11 is 0. The normalized spacial score (nSPS) is 11.1. The second-order valence-electron chi connectivity index (χ2n) is 22.2. The smallest absolute Gasteiger partial charge is 0.500 e. The molecule has 0 amide bonds.